The zero-order valence-corrected chi connectivity index (χ0v) is 17.4. The Morgan fingerprint density at radius 2 is 2.06 bits per heavy atom. The van der Waals surface area contributed by atoms with E-state index in [1.54, 1.807) is 5.32 Å². The van der Waals surface area contributed by atoms with E-state index in [1.165, 1.54) is 10.9 Å². The van der Waals surface area contributed by atoms with E-state index in [2.05, 4.69) is 15.0 Å². The van der Waals surface area contributed by atoms with Crippen molar-refractivity contribution >= 4 is 23.0 Å². The minimum absolute atomic E-state index is 0.0195. The molecule has 0 unspecified atom stereocenters. The molecule has 1 fully saturated rings. The molecular formula is C18H25F3N6O6. The van der Waals surface area contributed by atoms with Crippen molar-refractivity contribution in [2.45, 2.75) is 56.4 Å². The third-order valence-corrected chi connectivity index (χ3v) is 5.14. The number of aromatic nitrogens is 4. The molecule has 0 spiro atoms. The third-order valence-electron chi connectivity index (χ3n) is 5.14. The largest absolute Gasteiger partial charge is 0.471 e. The molecule has 0 aliphatic carbocycles. The second-order valence-electron chi connectivity index (χ2n) is 7.52. The van der Waals surface area contributed by atoms with E-state index in [-0.39, 0.29) is 30.3 Å². The molecular weight excluding hydrogens is 453 g/mol. The number of H-pyrrole nitrogens is 1. The van der Waals surface area contributed by atoms with Crippen LogP contribution in [-0.4, -0.2) is 79.9 Å². The molecule has 6 N–H and O–H groups in total. The minimum Gasteiger partial charge on any atom is -0.394 e. The van der Waals surface area contributed by atoms with Gasteiger partial charge in [0, 0.05) is 13.2 Å². The molecule has 0 radical (unpaired) electrons. The standard InChI is InChI=1S/C18H25F3N6O6/c19-18(20,21)16(31)23-5-3-1-2-4-6-32-12-11(29)9(7-28)33-15(12)27-8-24-10-13(27)25-17(22)26-14(10)30/h8-9,11-12,15,28-29H,1-7H2,(H,23,31)(H3,22,25,26,30)/t9-,11+,12+,15-/m1/s1. The van der Waals surface area contributed by atoms with Crippen LogP contribution in [0.4, 0.5) is 19.1 Å². The number of nitrogens with two attached hydrogens (primary N) is 1. The number of hydrogen-bond acceptors (Lipinski definition) is 9. The Morgan fingerprint density at radius 1 is 1.33 bits per heavy atom. The lowest BCUT2D eigenvalue weighted by atomic mass is 10.1. The monoisotopic (exact) mass is 478 g/mol. The summed E-state index contributed by atoms with van der Waals surface area (Å²) in [6.07, 6.45) is -5.47. The lowest BCUT2D eigenvalue weighted by Crippen LogP contribution is -2.37. The molecule has 1 amide bonds. The first-order chi connectivity index (χ1) is 15.6. The molecule has 33 heavy (non-hydrogen) atoms. The van der Waals surface area contributed by atoms with Gasteiger partial charge < -0.3 is 30.7 Å². The summed E-state index contributed by atoms with van der Waals surface area (Å²) in [7, 11) is 0. The highest BCUT2D eigenvalue weighted by Crippen LogP contribution is 2.33. The van der Waals surface area contributed by atoms with E-state index in [1.807, 2.05) is 0 Å². The first-order valence-electron chi connectivity index (χ1n) is 10.3. The van der Waals surface area contributed by atoms with E-state index in [9.17, 15) is 33.0 Å². The second-order valence-corrected chi connectivity index (χ2v) is 7.52. The molecule has 12 nitrogen and oxygen atoms in total. The number of aliphatic hydroxyl groups is 2. The van der Waals surface area contributed by atoms with Crippen LogP contribution in [0.3, 0.4) is 0 Å². The van der Waals surface area contributed by atoms with E-state index in [0.29, 0.717) is 25.7 Å². The summed E-state index contributed by atoms with van der Waals surface area (Å²) in [5, 5.41) is 21.8. The van der Waals surface area contributed by atoms with Gasteiger partial charge in [-0.3, -0.25) is 19.1 Å². The number of carbonyl (C=O) groups excluding carboxylic acids is 1. The van der Waals surface area contributed by atoms with Crippen LogP contribution in [0.15, 0.2) is 11.1 Å². The Kier molecular flexibility index (Phi) is 7.88. The molecule has 0 saturated carbocycles. The van der Waals surface area contributed by atoms with Crippen molar-refractivity contribution in [2.24, 2.45) is 0 Å². The number of nitrogen functional groups attached to an aromatic ring is 1. The Balaban J connectivity index is 1.53. The van der Waals surface area contributed by atoms with Gasteiger partial charge in [0.15, 0.2) is 17.4 Å². The molecule has 0 bridgehead atoms. The van der Waals surface area contributed by atoms with E-state index in [4.69, 9.17) is 15.2 Å². The van der Waals surface area contributed by atoms with Crippen molar-refractivity contribution in [1.29, 1.82) is 0 Å². The molecule has 3 heterocycles. The molecule has 2 aromatic rings. The van der Waals surface area contributed by atoms with Gasteiger partial charge in [-0.15, -0.1) is 0 Å². The lowest BCUT2D eigenvalue weighted by Gasteiger charge is -2.22. The molecule has 184 valence electrons. The molecule has 0 aromatic carbocycles. The fourth-order valence-electron chi connectivity index (χ4n) is 3.50. The summed E-state index contributed by atoms with van der Waals surface area (Å²) in [5.41, 5.74) is 5.21. The van der Waals surface area contributed by atoms with Crippen LogP contribution in [0.1, 0.15) is 31.9 Å². The number of fused-ring (bicyclic) bond motifs is 1. The molecule has 3 rings (SSSR count). The topological polar surface area (TPSA) is 178 Å². The first-order valence-corrected chi connectivity index (χ1v) is 10.3. The quantitative estimate of drug-likeness (QED) is 0.284. The Morgan fingerprint density at radius 3 is 2.76 bits per heavy atom. The Hall–Kier alpha value is -2.75. The number of nitrogens with one attached hydrogen (secondary N) is 2. The molecule has 4 atom stereocenters. The van der Waals surface area contributed by atoms with Gasteiger partial charge in [0.05, 0.1) is 12.9 Å². The summed E-state index contributed by atoms with van der Waals surface area (Å²) in [6, 6.07) is 0. The van der Waals surface area contributed by atoms with Crippen LogP contribution in [0.2, 0.25) is 0 Å². The normalized spacial score (nSPS) is 23.3. The Bertz CT molecular complexity index is 1010. The maximum Gasteiger partial charge on any atom is 0.471 e. The van der Waals surface area contributed by atoms with Crippen LogP contribution in [-0.2, 0) is 14.3 Å². The van der Waals surface area contributed by atoms with Gasteiger partial charge in [0.25, 0.3) is 5.56 Å². The summed E-state index contributed by atoms with van der Waals surface area (Å²) in [4.78, 5) is 33.1. The van der Waals surface area contributed by atoms with Gasteiger partial charge in [0.1, 0.15) is 18.3 Å². The first kappa shape index (κ1) is 24.9. The molecule has 1 aliphatic rings. The number of amides is 1. The predicted molar refractivity (Wildman–Crippen MR) is 107 cm³/mol. The van der Waals surface area contributed by atoms with Crippen LogP contribution in [0.25, 0.3) is 11.2 Å². The smallest absolute Gasteiger partial charge is 0.394 e. The zero-order valence-electron chi connectivity index (χ0n) is 17.4. The number of anilines is 1. The van der Waals surface area contributed by atoms with Crippen molar-refractivity contribution in [2.75, 3.05) is 25.5 Å². The summed E-state index contributed by atoms with van der Waals surface area (Å²) >= 11 is 0. The van der Waals surface area contributed by atoms with Crippen LogP contribution in [0, 0.1) is 0 Å². The Labute approximate surface area is 184 Å². The molecule has 2 aromatic heterocycles. The number of aliphatic hydroxyl groups excluding tert-OH is 2. The highest BCUT2D eigenvalue weighted by molar-refractivity contribution is 5.81. The van der Waals surface area contributed by atoms with E-state index < -0.39 is 48.8 Å². The van der Waals surface area contributed by atoms with Crippen molar-refractivity contribution in [3.05, 3.63) is 16.7 Å². The predicted octanol–water partition coefficient (Wildman–Crippen LogP) is -0.424. The number of rotatable bonds is 10. The van der Waals surface area contributed by atoms with Crippen LogP contribution < -0.4 is 16.6 Å². The van der Waals surface area contributed by atoms with Gasteiger partial charge in [-0.25, -0.2) is 4.98 Å². The van der Waals surface area contributed by atoms with Gasteiger partial charge in [0.2, 0.25) is 5.95 Å². The maximum absolute atomic E-state index is 12.1. The number of aromatic amines is 1. The number of nitrogens with zero attached hydrogens (tertiary/aromatic N) is 3. The SMILES string of the molecule is Nc1nc2c(ncn2[C@@H]2O[C@H](CO)[C@H](O)[C@@H]2OCCCCCCNC(=O)C(F)(F)F)c(=O)[nH]1. The molecule has 1 saturated heterocycles. The van der Waals surface area contributed by atoms with Crippen molar-refractivity contribution in [3.63, 3.8) is 0 Å². The average Bonchev–Trinajstić information content (AvgIpc) is 3.30. The molecule has 1 aliphatic heterocycles. The van der Waals surface area contributed by atoms with Crippen molar-refractivity contribution in [1.82, 2.24) is 24.8 Å². The zero-order chi connectivity index (χ0) is 24.2. The number of halogens is 3. The summed E-state index contributed by atoms with van der Waals surface area (Å²) in [5.74, 6) is -2.09. The van der Waals surface area contributed by atoms with Crippen molar-refractivity contribution in [3.8, 4) is 0 Å². The van der Waals surface area contributed by atoms with E-state index in [0.717, 1.165) is 0 Å². The lowest BCUT2D eigenvalue weighted by molar-refractivity contribution is -0.173. The maximum atomic E-state index is 12.1. The number of carbonyl (C=O) groups is 1. The number of alkyl halides is 3. The molecule has 15 heteroatoms. The van der Waals surface area contributed by atoms with Crippen LogP contribution >= 0.6 is 0 Å². The van der Waals surface area contributed by atoms with Gasteiger partial charge >= 0.3 is 12.1 Å². The van der Waals surface area contributed by atoms with Gasteiger partial charge in [-0.05, 0) is 12.8 Å². The second kappa shape index (κ2) is 10.5. The number of hydrogen-bond donors (Lipinski definition) is 5. The minimum atomic E-state index is -4.89. The highest BCUT2D eigenvalue weighted by Gasteiger charge is 2.46. The number of unbranched alkanes of at least 4 members (excludes halogenated alkanes) is 3. The fraction of sp³-hybridized carbons (Fsp3) is 0.667. The highest BCUT2D eigenvalue weighted by atomic mass is 19.4. The van der Waals surface area contributed by atoms with Gasteiger partial charge in [-0.2, -0.15) is 18.2 Å². The average molecular weight is 478 g/mol. The fourth-order valence-corrected chi connectivity index (χ4v) is 3.50. The van der Waals surface area contributed by atoms with E-state index >= 15 is 0 Å². The van der Waals surface area contributed by atoms with Gasteiger partial charge in [-0.1, -0.05) is 12.8 Å². The number of ether oxygens (including phenoxy) is 2. The number of imidazole rings is 1. The third kappa shape index (κ3) is 5.79. The summed E-state index contributed by atoms with van der Waals surface area (Å²) < 4.78 is 49.2. The summed E-state index contributed by atoms with van der Waals surface area (Å²) in [6.45, 7) is -0.362. The van der Waals surface area contributed by atoms with Crippen molar-refractivity contribution < 1.29 is 37.7 Å². The van der Waals surface area contributed by atoms with Crippen LogP contribution in [0.5, 0.6) is 0 Å².